The third kappa shape index (κ3) is 6.35. The smallest absolute Gasteiger partial charge is 0.270 e. The SMILES string of the molecule is Cc1nnc(SCc2nc(C(=O)NCCCN3CCCCC3C)cs2)n1-c1cccc(Cl)c1. The molecule has 0 aliphatic carbocycles. The van der Waals surface area contributed by atoms with Crippen molar-refractivity contribution in [3.8, 4) is 5.69 Å². The first-order chi connectivity index (χ1) is 16.0. The highest BCUT2D eigenvalue weighted by Gasteiger charge is 2.18. The molecule has 1 saturated heterocycles. The van der Waals surface area contributed by atoms with Gasteiger partial charge in [-0.1, -0.05) is 35.9 Å². The van der Waals surface area contributed by atoms with E-state index in [1.54, 1.807) is 11.8 Å². The molecule has 0 radical (unpaired) electrons. The van der Waals surface area contributed by atoms with Gasteiger partial charge < -0.3 is 10.2 Å². The normalized spacial score (nSPS) is 16.8. The van der Waals surface area contributed by atoms with Crippen LogP contribution in [0, 0.1) is 6.92 Å². The quantitative estimate of drug-likeness (QED) is 0.327. The van der Waals surface area contributed by atoms with Crippen LogP contribution in [-0.4, -0.2) is 56.2 Å². The summed E-state index contributed by atoms with van der Waals surface area (Å²) in [5, 5.41) is 15.7. The van der Waals surface area contributed by atoms with Crippen LogP contribution in [0.2, 0.25) is 5.02 Å². The third-order valence-corrected chi connectivity index (χ3v) is 8.03. The van der Waals surface area contributed by atoms with E-state index in [0.29, 0.717) is 29.1 Å². The number of nitrogens with one attached hydrogen (secondary N) is 1. The van der Waals surface area contributed by atoms with E-state index in [1.165, 1.54) is 37.1 Å². The summed E-state index contributed by atoms with van der Waals surface area (Å²) >= 11 is 9.19. The minimum absolute atomic E-state index is 0.105. The van der Waals surface area contributed by atoms with E-state index < -0.39 is 0 Å². The number of hydrogen-bond donors (Lipinski definition) is 1. The second kappa shape index (κ2) is 11.5. The number of rotatable bonds is 9. The summed E-state index contributed by atoms with van der Waals surface area (Å²) < 4.78 is 1.97. The van der Waals surface area contributed by atoms with Gasteiger partial charge >= 0.3 is 0 Å². The maximum absolute atomic E-state index is 12.5. The van der Waals surface area contributed by atoms with E-state index >= 15 is 0 Å². The fourth-order valence-electron chi connectivity index (χ4n) is 4.02. The molecule has 3 aromatic rings. The number of aromatic nitrogens is 4. The molecule has 1 aromatic carbocycles. The number of amides is 1. The second-order valence-corrected chi connectivity index (χ2v) is 10.6. The Morgan fingerprint density at radius 2 is 2.21 bits per heavy atom. The first kappa shape index (κ1) is 24.2. The zero-order chi connectivity index (χ0) is 23.2. The van der Waals surface area contributed by atoms with Crippen molar-refractivity contribution in [2.24, 2.45) is 0 Å². The van der Waals surface area contributed by atoms with E-state index in [0.717, 1.165) is 34.6 Å². The topological polar surface area (TPSA) is 75.9 Å². The van der Waals surface area contributed by atoms with E-state index in [1.807, 2.05) is 41.1 Å². The van der Waals surface area contributed by atoms with Crippen molar-refractivity contribution in [3.05, 3.63) is 51.2 Å². The van der Waals surface area contributed by atoms with E-state index in [-0.39, 0.29) is 5.91 Å². The Kier molecular flexibility index (Phi) is 8.40. The summed E-state index contributed by atoms with van der Waals surface area (Å²) in [4.78, 5) is 19.5. The molecular weight excluding hydrogens is 476 g/mol. The summed E-state index contributed by atoms with van der Waals surface area (Å²) in [5.41, 5.74) is 1.40. The minimum atomic E-state index is -0.105. The molecule has 0 saturated carbocycles. The first-order valence-corrected chi connectivity index (χ1v) is 13.5. The fraction of sp³-hybridized carbons (Fsp3) is 0.478. The molecule has 0 bridgehead atoms. The van der Waals surface area contributed by atoms with Crippen molar-refractivity contribution in [2.45, 2.75) is 56.5 Å². The minimum Gasteiger partial charge on any atom is -0.351 e. The van der Waals surface area contributed by atoms with Crippen LogP contribution in [0.4, 0.5) is 0 Å². The molecule has 10 heteroatoms. The van der Waals surface area contributed by atoms with Gasteiger partial charge in [-0.05, 0) is 57.9 Å². The second-order valence-electron chi connectivity index (χ2n) is 8.25. The van der Waals surface area contributed by atoms with Crippen molar-refractivity contribution in [3.63, 3.8) is 0 Å². The number of thioether (sulfide) groups is 1. The van der Waals surface area contributed by atoms with Gasteiger partial charge in [0.1, 0.15) is 16.5 Å². The third-order valence-electron chi connectivity index (χ3n) is 5.82. The van der Waals surface area contributed by atoms with Gasteiger partial charge in [0.25, 0.3) is 5.91 Å². The average Bonchev–Trinajstić information content (AvgIpc) is 3.43. The van der Waals surface area contributed by atoms with Gasteiger partial charge in [0, 0.05) is 29.5 Å². The molecule has 33 heavy (non-hydrogen) atoms. The molecule has 1 unspecified atom stereocenters. The number of carbonyl (C=O) groups is 1. The van der Waals surface area contributed by atoms with Crippen LogP contribution < -0.4 is 5.32 Å². The van der Waals surface area contributed by atoms with Gasteiger partial charge in [-0.3, -0.25) is 9.36 Å². The lowest BCUT2D eigenvalue weighted by molar-refractivity contribution is 0.0944. The van der Waals surface area contributed by atoms with E-state index in [2.05, 4.69) is 32.3 Å². The first-order valence-electron chi connectivity index (χ1n) is 11.3. The number of piperidine rings is 1. The molecule has 4 rings (SSSR count). The molecule has 1 atom stereocenters. The Balaban J connectivity index is 1.27. The van der Waals surface area contributed by atoms with Gasteiger partial charge in [0.05, 0.1) is 11.4 Å². The largest absolute Gasteiger partial charge is 0.351 e. The number of likely N-dealkylation sites (tertiary alicyclic amines) is 1. The maximum atomic E-state index is 12.5. The van der Waals surface area contributed by atoms with Crippen molar-refractivity contribution < 1.29 is 4.79 Å². The zero-order valence-electron chi connectivity index (χ0n) is 19.0. The summed E-state index contributed by atoms with van der Waals surface area (Å²) in [6, 6.07) is 8.27. The molecular formula is C23H29ClN6OS2. The van der Waals surface area contributed by atoms with Crippen LogP contribution in [0.3, 0.4) is 0 Å². The highest BCUT2D eigenvalue weighted by Crippen LogP contribution is 2.27. The fourth-order valence-corrected chi connectivity index (χ4v) is 6.00. The lowest BCUT2D eigenvalue weighted by Crippen LogP contribution is -2.39. The van der Waals surface area contributed by atoms with Crippen molar-refractivity contribution in [1.82, 2.24) is 30.0 Å². The Morgan fingerprint density at radius 1 is 1.33 bits per heavy atom. The standard InChI is InChI=1S/C23H29ClN6OS2/c1-16-7-3-4-11-29(16)12-6-10-25-22(31)20-14-32-21(26-20)15-33-23-28-27-17(2)30(23)19-9-5-8-18(24)13-19/h5,8-9,13-14,16H,3-4,6-7,10-12,15H2,1-2H3,(H,25,31). The summed E-state index contributed by atoms with van der Waals surface area (Å²) in [6.45, 7) is 7.09. The Labute approximate surface area is 208 Å². The van der Waals surface area contributed by atoms with E-state index in [9.17, 15) is 4.79 Å². The van der Waals surface area contributed by atoms with Gasteiger partial charge in [0.2, 0.25) is 0 Å². The van der Waals surface area contributed by atoms with Gasteiger partial charge in [-0.2, -0.15) is 0 Å². The number of hydrogen-bond acceptors (Lipinski definition) is 7. The maximum Gasteiger partial charge on any atom is 0.270 e. The highest BCUT2D eigenvalue weighted by molar-refractivity contribution is 7.98. The van der Waals surface area contributed by atoms with Gasteiger partial charge in [0.15, 0.2) is 5.16 Å². The molecule has 1 aliphatic rings. The van der Waals surface area contributed by atoms with Crippen LogP contribution in [0.25, 0.3) is 5.69 Å². The van der Waals surface area contributed by atoms with Crippen LogP contribution >= 0.6 is 34.7 Å². The molecule has 1 amide bonds. The Bertz CT molecular complexity index is 1080. The Morgan fingerprint density at radius 3 is 3.03 bits per heavy atom. The van der Waals surface area contributed by atoms with Crippen molar-refractivity contribution in [1.29, 1.82) is 0 Å². The average molecular weight is 505 g/mol. The molecule has 1 aliphatic heterocycles. The number of carbonyl (C=O) groups excluding carboxylic acids is 1. The molecule has 1 N–H and O–H groups in total. The predicted molar refractivity (Wildman–Crippen MR) is 135 cm³/mol. The van der Waals surface area contributed by atoms with Crippen molar-refractivity contribution in [2.75, 3.05) is 19.6 Å². The molecule has 7 nitrogen and oxygen atoms in total. The monoisotopic (exact) mass is 504 g/mol. The summed E-state index contributed by atoms with van der Waals surface area (Å²) in [5.74, 6) is 1.30. The summed E-state index contributed by atoms with van der Waals surface area (Å²) in [7, 11) is 0. The van der Waals surface area contributed by atoms with Crippen LogP contribution in [0.5, 0.6) is 0 Å². The number of halogens is 1. The lowest BCUT2D eigenvalue weighted by Gasteiger charge is -2.33. The summed E-state index contributed by atoms with van der Waals surface area (Å²) in [6.07, 6.45) is 4.85. The van der Waals surface area contributed by atoms with Crippen molar-refractivity contribution >= 4 is 40.6 Å². The lowest BCUT2D eigenvalue weighted by atomic mass is 10.0. The number of thiazole rings is 1. The molecule has 176 valence electrons. The number of aryl methyl sites for hydroxylation is 1. The van der Waals surface area contributed by atoms with Crippen LogP contribution in [-0.2, 0) is 5.75 Å². The Hall–Kier alpha value is -1.94. The molecule has 2 aromatic heterocycles. The molecule has 1 fully saturated rings. The van der Waals surface area contributed by atoms with E-state index in [4.69, 9.17) is 11.6 Å². The van der Waals surface area contributed by atoms with Gasteiger partial charge in [-0.15, -0.1) is 21.5 Å². The predicted octanol–water partition coefficient (Wildman–Crippen LogP) is 4.97. The van der Waals surface area contributed by atoms with Crippen LogP contribution in [0.15, 0.2) is 34.8 Å². The zero-order valence-corrected chi connectivity index (χ0v) is 21.3. The van der Waals surface area contributed by atoms with Gasteiger partial charge in [-0.25, -0.2) is 4.98 Å². The number of benzene rings is 1. The molecule has 3 heterocycles. The van der Waals surface area contributed by atoms with Crippen LogP contribution in [0.1, 0.15) is 53.9 Å². The highest BCUT2D eigenvalue weighted by atomic mass is 35.5. The molecule has 0 spiro atoms. The number of nitrogens with zero attached hydrogens (tertiary/aromatic N) is 5.